The van der Waals surface area contributed by atoms with Crippen molar-refractivity contribution in [1.29, 1.82) is 0 Å². The van der Waals surface area contributed by atoms with Crippen LogP contribution in [0, 0.1) is 6.92 Å². The van der Waals surface area contributed by atoms with E-state index in [9.17, 15) is 8.42 Å². The number of para-hydroxylation sites is 1. The maximum Gasteiger partial charge on any atom is 0.266 e. The molecule has 0 fully saturated rings. The summed E-state index contributed by atoms with van der Waals surface area (Å²) in [5.41, 5.74) is 3.27. The van der Waals surface area contributed by atoms with Crippen molar-refractivity contribution in [3.63, 3.8) is 0 Å². The summed E-state index contributed by atoms with van der Waals surface area (Å²) in [7, 11) is -3.79. The van der Waals surface area contributed by atoms with Gasteiger partial charge in [0.2, 0.25) is 0 Å². The lowest BCUT2D eigenvalue weighted by Crippen LogP contribution is -2.46. The number of nitrogens with zero attached hydrogens (tertiary/aromatic N) is 1. The van der Waals surface area contributed by atoms with Crippen molar-refractivity contribution in [2.75, 3.05) is 4.31 Å². The van der Waals surface area contributed by atoms with Crippen LogP contribution in [0.5, 0.6) is 0 Å². The lowest BCUT2D eigenvalue weighted by molar-refractivity contribution is 0.582. The fraction of sp³-hybridized carbons (Fsp3) is 0.0769. The molecule has 0 amide bonds. The van der Waals surface area contributed by atoms with Crippen LogP contribution in [0.15, 0.2) is 114 Å². The Bertz CT molecular complexity index is 1260. The highest BCUT2D eigenvalue weighted by Gasteiger charge is 2.56. The number of anilines is 1. The van der Waals surface area contributed by atoms with E-state index in [-0.39, 0.29) is 0 Å². The van der Waals surface area contributed by atoms with Crippen molar-refractivity contribution in [3.8, 4) is 0 Å². The standard InChI is InChI=1S/C26H21NO2S/c1-20-17-18-25-24(19-20)26(21-11-5-2-6-12-21,22-13-7-3-8-14-22)27(30(25,28)29)23-15-9-4-10-16-23/h2-19H,1H3. The highest BCUT2D eigenvalue weighted by atomic mass is 32.2. The number of benzene rings is 4. The Morgan fingerprint density at radius 3 is 1.70 bits per heavy atom. The summed E-state index contributed by atoms with van der Waals surface area (Å²) in [6.07, 6.45) is 0. The molecule has 148 valence electrons. The molecule has 4 aromatic rings. The van der Waals surface area contributed by atoms with Crippen LogP contribution in [0.2, 0.25) is 0 Å². The van der Waals surface area contributed by atoms with Crippen molar-refractivity contribution in [1.82, 2.24) is 0 Å². The third-order valence-electron chi connectivity index (χ3n) is 5.72. The van der Waals surface area contributed by atoms with Gasteiger partial charge in [0.15, 0.2) is 0 Å². The lowest BCUT2D eigenvalue weighted by Gasteiger charge is -2.40. The Morgan fingerprint density at radius 2 is 1.17 bits per heavy atom. The van der Waals surface area contributed by atoms with E-state index >= 15 is 0 Å². The fourth-order valence-electron chi connectivity index (χ4n) is 4.51. The van der Waals surface area contributed by atoms with Gasteiger partial charge in [0, 0.05) is 5.56 Å². The summed E-state index contributed by atoms with van der Waals surface area (Å²) in [5.74, 6) is 0. The van der Waals surface area contributed by atoms with Crippen molar-refractivity contribution in [2.24, 2.45) is 0 Å². The molecule has 0 atom stereocenters. The highest BCUT2D eigenvalue weighted by molar-refractivity contribution is 7.93. The zero-order chi connectivity index (χ0) is 20.8. The van der Waals surface area contributed by atoms with Gasteiger partial charge in [-0.1, -0.05) is 96.6 Å². The van der Waals surface area contributed by atoms with Gasteiger partial charge in [0.1, 0.15) is 5.54 Å². The minimum Gasteiger partial charge on any atom is -0.247 e. The number of hydrogen-bond acceptors (Lipinski definition) is 2. The molecule has 1 heterocycles. The predicted molar refractivity (Wildman–Crippen MR) is 120 cm³/mol. The quantitative estimate of drug-likeness (QED) is 0.447. The van der Waals surface area contributed by atoms with Crippen LogP contribution >= 0.6 is 0 Å². The molecule has 5 rings (SSSR count). The lowest BCUT2D eigenvalue weighted by atomic mass is 9.76. The molecule has 30 heavy (non-hydrogen) atoms. The van der Waals surface area contributed by atoms with Crippen LogP contribution in [0.1, 0.15) is 22.3 Å². The average Bonchev–Trinajstić information content (AvgIpc) is 2.99. The smallest absolute Gasteiger partial charge is 0.247 e. The van der Waals surface area contributed by atoms with Gasteiger partial charge in [-0.2, -0.15) is 0 Å². The molecule has 0 N–H and O–H groups in total. The molecular formula is C26H21NO2S. The second-order valence-corrected chi connectivity index (χ2v) is 9.30. The number of hydrogen-bond donors (Lipinski definition) is 0. The van der Waals surface area contributed by atoms with Gasteiger partial charge < -0.3 is 0 Å². The number of aryl methyl sites for hydroxylation is 1. The molecule has 0 saturated carbocycles. The molecule has 0 spiro atoms. The molecule has 4 aromatic carbocycles. The maximum atomic E-state index is 14.0. The van der Waals surface area contributed by atoms with Crippen LogP contribution in [-0.2, 0) is 15.6 Å². The fourth-order valence-corrected chi connectivity index (χ4v) is 6.50. The monoisotopic (exact) mass is 411 g/mol. The van der Waals surface area contributed by atoms with E-state index in [2.05, 4.69) is 0 Å². The minimum atomic E-state index is -3.79. The van der Waals surface area contributed by atoms with Gasteiger partial charge in [-0.05, 0) is 36.2 Å². The largest absolute Gasteiger partial charge is 0.266 e. The van der Waals surface area contributed by atoms with Gasteiger partial charge >= 0.3 is 0 Å². The molecule has 0 saturated heterocycles. The van der Waals surface area contributed by atoms with E-state index in [1.165, 1.54) is 0 Å². The van der Waals surface area contributed by atoms with Crippen LogP contribution < -0.4 is 4.31 Å². The third-order valence-corrected chi connectivity index (χ3v) is 7.60. The van der Waals surface area contributed by atoms with E-state index in [0.29, 0.717) is 10.6 Å². The summed E-state index contributed by atoms with van der Waals surface area (Å²) >= 11 is 0. The maximum absolute atomic E-state index is 14.0. The van der Waals surface area contributed by atoms with E-state index in [1.54, 1.807) is 10.4 Å². The summed E-state index contributed by atoms with van der Waals surface area (Å²) in [6.45, 7) is 2.00. The van der Waals surface area contributed by atoms with Crippen LogP contribution in [-0.4, -0.2) is 8.42 Å². The first kappa shape index (κ1) is 18.6. The summed E-state index contributed by atoms with van der Waals surface area (Å²) < 4.78 is 29.6. The summed E-state index contributed by atoms with van der Waals surface area (Å²) in [6, 6.07) is 34.8. The van der Waals surface area contributed by atoms with E-state index in [0.717, 1.165) is 22.3 Å². The topological polar surface area (TPSA) is 37.4 Å². The second-order valence-electron chi connectivity index (χ2n) is 7.55. The SMILES string of the molecule is Cc1ccc2c(c1)C(c1ccccc1)(c1ccccc1)N(c1ccccc1)S2(=O)=O. The van der Waals surface area contributed by atoms with Crippen molar-refractivity contribution in [3.05, 3.63) is 131 Å². The highest BCUT2D eigenvalue weighted by Crippen LogP contribution is 2.54. The van der Waals surface area contributed by atoms with Gasteiger partial charge in [-0.3, -0.25) is 0 Å². The van der Waals surface area contributed by atoms with Crippen LogP contribution in [0.4, 0.5) is 5.69 Å². The Labute approximate surface area is 177 Å². The molecule has 4 heteroatoms. The Hall–Kier alpha value is -3.37. The zero-order valence-corrected chi connectivity index (χ0v) is 17.4. The Kier molecular flexibility index (Phi) is 4.26. The number of rotatable bonds is 3. The Balaban J connectivity index is 2.00. The molecule has 3 nitrogen and oxygen atoms in total. The van der Waals surface area contributed by atoms with Gasteiger partial charge in [0.25, 0.3) is 10.0 Å². The number of fused-ring (bicyclic) bond motifs is 1. The average molecular weight is 412 g/mol. The first-order valence-electron chi connectivity index (χ1n) is 9.89. The molecule has 0 unspecified atom stereocenters. The molecule has 0 aromatic heterocycles. The van der Waals surface area contributed by atoms with Crippen molar-refractivity contribution < 1.29 is 8.42 Å². The number of sulfonamides is 1. The zero-order valence-electron chi connectivity index (χ0n) is 16.6. The molecule has 0 aliphatic carbocycles. The van der Waals surface area contributed by atoms with Crippen LogP contribution in [0.25, 0.3) is 0 Å². The van der Waals surface area contributed by atoms with Crippen molar-refractivity contribution >= 4 is 15.7 Å². The first-order chi connectivity index (χ1) is 14.6. The molecule has 0 radical (unpaired) electrons. The second kappa shape index (κ2) is 6.85. The first-order valence-corrected chi connectivity index (χ1v) is 11.3. The normalized spacial score (nSPS) is 16.2. The summed E-state index contributed by atoms with van der Waals surface area (Å²) in [5, 5.41) is 0. The molecule has 1 aliphatic rings. The predicted octanol–water partition coefficient (Wildman–Crippen LogP) is 5.50. The molecular weight excluding hydrogens is 390 g/mol. The molecule has 0 bridgehead atoms. The van der Waals surface area contributed by atoms with E-state index in [4.69, 9.17) is 0 Å². The van der Waals surface area contributed by atoms with Gasteiger partial charge in [0.05, 0.1) is 10.6 Å². The van der Waals surface area contributed by atoms with Gasteiger partial charge in [-0.15, -0.1) is 0 Å². The Morgan fingerprint density at radius 1 is 0.667 bits per heavy atom. The van der Waals surface area contributed by atoms with Gasteiger partial charge in [-0.25, -0.2) is 12.7 Å². The van der Waals surface area contributed by atoms with E-state index in [1.807, 2.05) is 110 Å². The van der Waals surface area contributed by atoms with E-state index < -0.39 is 15.6 Å². The summed E-state index contributed by atoms with van der Waals surface area (Å²) in [4.78, 5) is 0.352. The van der Waals surface area contributed by atoms with Crippen LogP contribution in [0.3, 0.4) is 0 Å². The third kappa shape index (κ3) is 2.54. The molecule has 1 aliphatic heterocycles. The van der Waals surface area contributed by atoms with Crippen molar-refractivity contribution in [2.45, 2.75) is 17.4 Å². The minimum absolute atomic E-state index is 0.352.